The normalized spacial score (nSPS) is 20.2. The van der Waals surface area contributed by atoms with Crippen LogP contribution in [0.15, 0.2) is 18.2 Å². The molecule has 1 heterocycles. The molecule has 1 aromatic carbocycles. The average molecular weight is 244 g/mol. The molecule has 0 amide bonds. The molecule has 0 bridgehead atoms. The SMILES string of the molecule is CC(N)CC1(c2cc(Cl)ccc2F)COC1. The summed E-state index contributed by atoms with van der Waals surface area (Å²) in [5, 5.41) is 0.548. The predicted molar refractivity (Wildman–Crippen MR) is 62.2 cm³/mol. The van der Waals surface area contributed by atoms with Gasteiger partial charge in [-0.05, 0) is 31.5 Å². The third-order valence-corrected chi connectivity index (χ3v) is 3.20. The van der Waals surface area contributed by atoms with Crippen LogP contribution in [0.2, 0.25) is 5.02 Å². The number of halogens is 2. The van der Waals surface area contributed by atoms with Gasteiger partial charge in [0, 0.05) is 22.0 Å². The van der Waals surface area contributed by atoms with Crippen LogP contribution in [-0.2, 0) is 10.2 Å². The van der Waals surface area contributed by atoms with Gasteiger partial charge in [0.1, 0.15) is 5.82 Å². The summed E-state index contributed by atoms with van der Waals surface area (Å²) in [6.45, 7) is 2.96. The first-order valence-corrected chi connectivity index (χ1v) is 5.70. The molecule has 0 aromatic heterocycles. The zero-order valence-electron chi connectivity index (χ0n) is 9.17. The minimum Gasteiger partial charge on any atom is -0.379 e. The molecule has 16 heavy (non-hydrogen) atoms. The smallest absolute Gasteiger partial charge is 0.127 e. The van der Waals surface area contributed by atoms with Crippen molar-refractivity contribution in [1.29, 1.82) is 0 Å². The molecule has 0 radical (unpaired) electrons. The summed E-state index contributed by atoms with van der Waals surface area (Å²) in [6, 6.07) is 4.66. The largest absolute Gasteiger partial charge is 0.379 e. The number of rotatable bonds is 3. The van der Waals surface area contributed by atoms with Crippen LogP contribution in [0, 0.1) is 5.82 Å². The van der Waals surface area contributed by atoms with Crippen LogP contribution in [0.5, 0.6) is 0 Å². The van der Waals surface area contributed by atoms with Gasteiger partial charge in [0.15, 0.2) is 0 Å². The van der Waals surface area contributed by atoms with Gasteiger partial charge in [-0.25, -0.2) is 4.39 Å². The van der Waals surface area contributed by atoms with Gasteiger partial charge in [-0.15, -0.1) is 0 Å². The van der Waals surface area contributed by atoms with E-state index >= 15 is 0 Å². The Labute approximate surface area is 99.5 Å². The van der Waals surface area contributed by atoms with Crippen LogP contribution in [0.1, 0.15) is 18.9 Å². The van der Waals surface area contributed by atoms with Crippen molar-refractivity contribution in [2.75, 3.05) is 13.2 Å². The van der Waals surface area contributed by atoms with E-state index in [1.54, 1.807) is 12.1 Å². The summed E-state index contributed by atoms with van der Waals surface area (Å²) < 4.78 is 19.0. The number of hydrogen-bond donors (Lipinski definition) is 1. The van der Waals surface area contributed by atoms with E-state index in [-0.39, 0.29) is 17.3 Å². The average Bonchev–Trinajstić information content (AvgIpc) is 2.15. The second-order valence-corrected chi connectivity index (χ2v) is 5.02. The number of nitrogens with two attached hydrogens (primary N) is 1. The summed E-state index contributed by atoms with van der Waals surface area (Å²) in [7, 11) is 0. The molecule has 1 unspecified atom stereocenters. The quantitative estimate of drug-likeness (QED) is 0.885. The molecule has 2 N–H and O–H groups in total. The first-order valence-electron chi connectivity index (χ1n) is 5.32. The highest BCUT2D eigenvalue weighted by Gasteiger charge is 2.42. The molecule has 0 aliphatic carbocycles. The predicted octanol–water partition coefficient (Wildman–Crippen LogP) is 2.48. The van der Waals surface area contributed by atoms with Gasteiger partial charge in [-0.1, -0.05) is 11.6 Å². The summed E-state index contributed by atoms with van der Waals surface area (Å²) in [5.74, 6) is -0.228. The fourth-order valence-electron chi connectivity index (χ4n) is 2.25. The van der Waals surface area contributed by atoms with Crippen molar-refractivity contribution in [2.24, 2.45) is 5.73 Å². The van der Waals surface area contributed by atoms with Gasteiger partial charge in [-0.2, -0.15) is 0 Å². The van der Waals surface area contributed by atoms with Crippen molar-refractivity contribution < 1.29 is 9.13 Å². The van der Waals surface area contributed by atoms with E-state index in [1.807, 2.05) is 6.92 Å². The van der Waals surface area contributed by atoms with Crippen LogP contribution in [-0.4, -0.2) is 19.3 Å². The molecule has 1 aromatic rings. The van der Waals surface area contributed by atoms with E-state index in [4.69, 9.17) is 22.1 Å². The molecule has 4 heteroatoms. The first kappa shape index (κ1) is 11.8. The third kappa shape index (κ3) is 2.08. The molecule has 2 rings (SSSR count). The number of ether oxygens (including phenoxy) is 1. The van der Waals surface area contributed by atoms with Gasteiger partial charge >= 0.3 is 0 Å². The second-order valence-electron chi connectivity index (χ2n) is 4.58. The van der Waals surface area contributed by atoms with Crippen molar-refractivity contribution in [1.82, 2.24) is 0 Å². The number of benzene rings is 1. The van der Waals surface area contributed by atoms with Gasteiger partial charge in [-0.3, -0.25) is 0 Å². The van der Waals surface area contributed by atoms with E-state index in [1.165, 1.54) is 6.07 Å². The second kappa shape index (κ2) is 4.32. The fourth-order valence-corrected chi connectivity index (χ4v) is 2.42. The Morgan fingerprint density at radius 2 is 2.25 bits per heavy atom. The van der Waals surface area contributed by atoms with E-state index in [0.717, 1.165) is 0 Å². The topological polar surface area (TPSA) is 35.2 Å². The third-order valence-electron chi connectivity index (χ3n) is 2.97. The molecule has 1 aliphatic rings. The van der Waals surface area contributed by atoms with Crippen molar-refractivity contribution >= 4 is 11.6 Å². The lowest BCUT2D eigenvalue weighted by molar-refractivity contribution is -0.0681. The Hall–Kier alpha value is -0.640. The molecule has 1 atom stereocenters. The number of hydrogen-bond acceptors (Lipinski definition) is 2. The van der Waals surface area contributed by atoms with Crippen LogP contribution in [0.3, 0.4) is 0 Å². The highest BCUT2D eigenvalue weighted by molar-refractivity contribution is 6.30. The maximum absolute atomic E-state index is 13.8. The molecule has 1 aliphatic heterocycles. The van der Waals surface area contributed by atoms with E-state index in [0.29, 0.717) is 30.2 Å². The Bertz CT molecular complexity index is 391. The maximum Gasteiger partial charge on any atom is 0.127 e. The van der Waals surface area contributed by atoms with Gasteiger partial charge in [0.05, 0.1) is 13.2 Å². The van der Waals surface area contributed by atoms with Crippen molar-refractivity contribution in [3.63, 3.8) is 0 Å². The Morgan fingerprint density at radius 3 is 2.75 bits per heavy atom. The minimum absolute atomic E-state index is 0.0160. The minimum atomic E-state index is -0.289. The molecule has 88 valence electrons. The molecule has 0 spiro atoms. The van der Waals surface area contributed by atoms with E-state index < -0.39 is 0 Å². The fraction of sp³-hybridized carbons (Fsp3) is 0.500. The lowest BCUT2D eigenvalue weighted by atomic mass is 9.74. The van der Waals surface area contributed by atoms with Gasteiger partial charge < -0.3 is 10.5 Å². The van der Waals surface area contributed by atoms with Crippen molar-refractivity contribution in [2.45, 2.75) is 24.8 Å². The van der Waals surface area contributed by atoms with Crippen LogP contribution in [0.4, 0.5) is 4.39 Å². The van der Waals surface area contributed by atoms with Gasteiger partial charge in [0.25, 0.3) is 0 Å². The Balaban J connectivity index is 2.36. The summed E-state index contributed by atoms with van der Waals surface area (Å²) >= 11 is 5.90. The van der Waals surface area contributed by atoms with E-state index in [9.17, 15) is 4.39 Å². The van der Waals surface area contributed by atoms with Gasteiger partial charge in [0.2, 0.25) is 0 Å². The highest BCUT2D eigenvalue weighted by atomic mass is 35.5. The summed E-state index contributed by atoms with van der Waals surface area (Å²) in [5.41, 5.74) is 6.14. The molecular weight excluding hydrogens is 229 g/mol. The molecular formula is C12H15ClFNO. The highest BCUT2D eigenvalue weighted by Crippen LogP contribution is 2.38. The zero-order valence-corrected chi connectivity index (χ0v) is 9.93. The zero-order chi connectivity index (χ0) is 11.8. The van der Waals surface area contributed by atoms with Crippen LogP contribution < -0.4 is 5.73 Å². The van der Waals surface area contributed by atoms with Crippen LogP contribution in [0.25, 0.3) is 0 Å². The van der Waals surface area contributed by atoms with Crippen molar-refractivity contribution in [3.8, 4) is 0 Å². The Kier molecular flexibility index (Phi) is 3.19. The maximum atomic E-state index is 13.8. The summed E-state index contributed by atoms with van der Waals surface area (Å²) in [6.07, 6.45) is 0.713. The molecule has 0 saturated carbocycles. The lowest BCUT2D eigenvalue weighted by Crippen LogP contribution is -2.50. The first-order chi connectivity index (χ1) is 7.53. The van der Waals surface area contributed by atoms with Crippen LogP contribution >= 0.6 is 11.6 Å². The lowest BCUT2D eigenvalue weighted by Gasteiger charge is -2.43. The molecule has 1 fully saturated rings. The Morgan fingerprint density at radius 1 is 1.56 bits per heavy atom. The summed E-state index contributed by atoms with van der Waals surface area (Å²) in [4.78, 5) is 0. The standard InChI is InChI=1S/C12H15ClFNO/c1-8(15)5-12(6-16-7-12)10-4-9(13)2-3-11(10)14/h2-4,8H,5-7,15H2,1H3. The van der Waals surface area contributed by atoms with Crippen molar-refractivity contribution in [3.05, 3.63) is 34.6 Å². The molecule has 2 nitrogen and oxygen atoms in total. The monoisotopic (exact) mass is 243 g/mol. The molecule has 1 saturated heterocycles. The van der Waals surface area contributed by atoms with E-state index in [2.05, 4.69) is 0 Å².